The summed E-state index contributed by atoms with van der Waals surface area (Å²) >= 11 is 0. The minimum atomic E-state index is -2.12. The minimum absolute atomic E-state index is 0.00284. The monoisotopic (exact) mass is 1450 g/mol. The molecule has 9 fully saturated rings. The Morgan fingerprint density at radius 1 is 0.480 bits per heavy atom. The Morgan fingerprint density at radius 2 is 0.920 bits per heavy atom. The second-order valence-corrected chi connectivity index (χ2v) is 31.9. The van der Waals surface area contributed by atoms with Crippen LogP contribution in [0.3, 0.4) is 0 Å². The molecular weight excluding hydrogens is 1330 g/mol. The zero-order chi connectivity index (χ0) is 73.5. The average molecular weight is 1450 g/mol. The second kappa shape index (κ2) is 31.6. The Morgan fingerprint density at radius 3 is 1.47 bits per heavy atom. The van der Waals surface area contributed by atoms with Crippen LogP contribution < -0.4 is 0 Å². The largest absolute Gasteiger partial charge is 0.394 e. The standard InChI is InChI=1S/C67H114O33/c1-25(27-16-17-65(7)36-13-11-28-29(67(36,9)37(72)18-66(27,65)8)12-15-38(63(28,3)4)97-59-52(85)47(80)43(76)34(95-59)23-90-58-51(84)45(78)41(74)31(20-69)92-58)10-14-39(64(5,6)88)98-62-56(48(81)44(77)35(96-62)24-89-57-50(83)40(73)26(2)30(19-68)91-57)100-61-54(87)49(82)55(33(22-71)94-61)99-60-53(86)46(79)42(75)32(21-70)93-60/h11,25-27,29-62,68-88H,10,12-24H2,1-9H3. The molecular formula is C67H114O33. The normalized spacial score (nSPS) is 52.1. The molecule has 0 aromatic rings. The van der Waals surface area contributed by atoms with E-state index in [2.05, 4.69) is 33.8 Å². The molecule has 33 heteroatoms. The molecule has 6 saturated heterocycles. The van der Waals surface area contributed by atoms with Gasteiger partial charge in [-0.1, -0.05) is 60.1 Å². The molecule has 4 aliphatic carbocycles. The van der Waals surface area contributed by atoms with Gasteiger partial charge in [0.05, 0.1) is 75.8 Å². The van der Waals surface area contributed by atoms with Crippen LogP contribution in [0, 0.1) is 51.2 Å². The summed E-state index contributed by atoms with van der Waals surface area (Å²) in [6, 6.07) is 0. The van der Waals surface area contributed by atoms with Gasteiger partial charge in [-0.25, -0.2) is 0 Å². The fraction of sp³-hybridized carbons (Fsp3) is 0.970. The third-order valence-electron chi connectivity index (χ3n) is 25.4. The van der Waals surface area contributed by atoms with Crippen molar-refractivity contribution >= 4 is 0 Å². The van der Waals surface area contributed by atoms with Crippen LogP contribution in [0.5, 0.6) is 0 Å². The van der Waals surface area contributed by atoms with Crippen molar-refractivity contribution in [2.45, 2.75) is 316 Å². The average Bonchev–Trinajstić information content (AvgIpc) is 1.28. The van der Waals surface area contributed by atoms with Crippen LogP contribution in [0.15, 0.2) is 11.6 Å². The number of hydrogen-bond donors (Lipinski definition) is 21. The van der Waals surface area contributed by atoms with Gasteiger partial charge in [-0.2, -0.15) is 0 Å². The Kier molecular flexibility index (Phi) is 25.5. The summed E-state index contributed by atoms with van der Waals surface area (Å²) in [4.78, 5) is 0. The number of aliphatic hydroxyl groups excluding tert-OH is 20. The van der Waals surface area contributed by atoms with Gasteiger partial charge in [0.1, 0.15) is 128 Å². The highest BCUT2D eigenvalue weighted by atomic mass is 16.8. The molecule has 21 N–H and O–H groups in total. The van der Waals surface area contributed by atoms with Crippen LogP contribution >= 0.6 is 0 Å². The first kappa shape index (κ1) is 80.9. The van der Waals surface area contributed by atoms with Gasteiger partial charge in [-0.15, -0.1) is 0 Å². The van der Waals surface area contributed by atoms with Crippen molar-refractivity contribution in [1.82, 2.24) is 0 Å². The maximum Gasteiger partial charge on any atom is 0.187 e. The van der Waals surface area contributed by atoms with Gasteiger partial charge in [0.25, 0.3) is 0 Å². The van der Waals surface area contributed by atoms with Gasteiger partial charge >= 0.3 is 0 Å². The first-order valence-electron chi connectivity index (χ1n) is 35.4. The van der Waals surface area contributed by atoms with Gasteiger partial charge in [0.2, 0.25) is 0 Å². The first-order chi connectivity index (χ1) is 46.9. The number of allylic oxidation sites excluding steroid dienone is 1. The zero-order valence-electron chi connectivity index (χ0n) is 58.1. The molecule has 6 aliphatic heterocycles. The summed E-state index contributed by atoms with van der Waals surface area (Å²) in [5.41, 5.74) is -2.68. The fourth-order valence-corrected chi connectivity index (χ4v) is 18.7. The molecule has 10 aliphatic rings. The number of rotatable bonds is 23. The van der Waals surface area contributed by atoms with Crippen LogP contribution in [-0.2, 0) is 56.8 Å². The number of aliphatic hydroxyl groups is 21. The molecule has 0 aromatic carbocycles. The van der Waals surface area contributed by atoms with E-state index >= 15 is 0 Å². The fourth-order valence-electron chi connectivity index (χ4n) is 18.7. The van der Waals surface area contributed by atoms with Crippen molar-refractivity contribution in [1.29, 1.82) is 0 Å². The van der Waals surface area contributed by atoms with Crippen LogP contribution in [0.4, 0.5) is 0 Å². The summed E-state index contributed by atoms with van der Waals surface area (Å²) in [6.07, 6.45) is -45.0. The highest BCUT2D eigenvalue weighted by molar-refractivity contribution is 5.32. The van der Waals surface area contributed by atoms with Crippen molar-refractivity contribution in [3.8, 4) is 0 Å². The van der Waals surface area contributed by atoms with E-state index in [0.717, 1.165) is 18.4 Å². The lowest BCUT2D eigenvalue weighted by Gasteiger charge is -2.67. The Hall–Kier alpha value is -1.58. The van der Waals surface area contributed by atoms with Crippen LogP contribution in [0.1, 0.15) is 114 Å². The lowest BCUT2D eigenvalue weighted by atomic mass is 9.38. The Balaban J connectivity index is 0.831. The molecule has 0 amide bonds. The number of fused-ring (bicyclic) bond motifs is 5. The smallest absolute Gasteiger partial charge is 0.187 e. The van der Waals surface area contributed by atoms with E-state index in [4.69, 9.17) is 56.8 Å². The van der Waals surface area contributed by atoms with Crippen molar-refractivity contribution in [2.24, 2.45) is 51.2 Å². The molecule has 40 unspecified atom stereocenters. The first-order valence-corrected chi connectivity index (χ1v) is 35.4. The third kappa shape index (κ3) is 14.8. The highest BCUT2D eigenvalue weighted by Gasteiger charge is 2.71. The van der Waals surface area contributed by atoms with E-state index in [9.17, 15) is 107 Å². The molecule has 6 heterocycles. The molecule has 40 atom stereocenters. The van der Waals surface area contributed by atoms with Crippen LogP contribution in [0.25, 0.3) is 0 Å². The van der Waals surface area contributed by atoms with Gasteiger partial charge in [0.15, 0.2) is 37.7 Å². The number of ether oxygens (including phenoxy) is 12. The van der Waals surface area contributed by atoms with Crippen LogP contribution in [0.2, 0.25) is 0 Å². The van der Waals surface area contributed by atoms with E-state index in [-0.39, 0.29) is 35.5 Å². The summed E-state index contributed by atoms with van der Waals surface area (Å²) in [5.74, 6) is -0.861. The molecule has 100 heavy (non-hydrogen) atoms. The van der Waals surface area contributed by atoms with Gasteiger partial charge in [-0.05, 0) is 99.7 Å². The van der Waals surface area contributed by atoms with Crippen molar-refractivity contribution in [2.75, 3.05) is 39.6 Å². The molecule has 0 spiro atoms. The van der Waals surface area contributed by atoms with E-state index in [1.807, 2.05) is 13.8 Å². The molecule has 10 rings (SSSR count). The number of hydrogen-bond acceptors (Lipinski definition) is 33. The van der Waals surface area contributed by atoms with Gasteiger partial charge in [-0.3, -0.25) is 0 Å². The van der Waals surface area contributed by atoms with Crippen molar-refractivity contribution in [3.05, 3.63) is 11.6 Å². The minimum Gasteiger partial charge on any atom is -0.394 e. The molecule has 0 aromatic heterocycles. The van der Waals surface area contributed by atoms with E-state index in [1.54, 1.807) is 6.92 Å². The third-order valence-corrected chi connectivity index (χ3v) is 25.4. The van der Waals surface area contributed by atoms with E-state index in [0.29, 0.717) is 32.1 Å². The molecule has 0 bridgehead atoms. The summed E-state index contributed by atoms with van der Waals surface area (Å²) < 4.78 is 71.7. The van der Waals surface area contributed by atoms with E-state index < -0.39 is 264 Å². The highest BCUT2D eigenvalue weighted by Crippen LogP contribution is 2.75. The summed E-state index contributed by atoms with van der Waals surface area (Å²) in [6.45, 7) is 13.3. The quantitative estimate of drug-likeness (QED) is 0.0423. The lowest BCUT2D eigenvalue weighted by Crippen LogP contribution is -2.67. The zero-order valence-corrected chi connectivity index (χ0v) is 58.1. The maximum absolute atomic E-state index is 12.9. The molecule has 33 nitrogen and oxygen atoms in total. The maximum atomic E-state index is 12.9. The van der Waals surface area contributed by atoms with Gasteiger partial charge < -0.3 is 164 Å². The Labute approximate surface area is 580 Å². The van der Waals surface area contributed by atoms with Gasteiger partial charge in [0, 0.05) is 16.7 Å². The van der Waals surface area contributed by atoms with Crippen LogP contribution in [-0.4, -0.2) is 349 Å². The van der Waals surface area contributed by atoms with Crippen molar-refractivity contribution in [3.63, 3.8) is 0 Å². The summed E-state index contributed by atoms with van der Waals surface area (Å²) in [7, 11) is 0. The predicted octanol–water partition coefficient (Wildman–Crippen LogP) is -6.31. The van der Waals surface area contributed by atoms with Crippen molar-refractivity contribution < 1.29 is 164 Å². The lowest BCUT2D eigenvalue weighted by molar-refractivity contribution is -0.391. The molecule has 580 valence electrons. The predicted molar refractivity (Wildman–Crippen MR) is 336 cm³/mol. The molecule has 3 saturated carbocycles. The molecule has 0 radical (unpaired) electrons. The topological polar surface area (TPSA) is 536 Å². The van der Waals surface area contributed by atoms with E-state index in [1.165, 1.54) is 13.8 Å². The second-order valence-electron chi connectivity index (χ2n) is 31.9. The Bertz CT molecular complexity index is 2670. The summed E-state index contributed by atoms with van der Waals surface area (Å²) in [5, 5.41) is 230. The SMILES string of the molecule is CC(CCC(OC1OC(COC2OC(CO)C(C)C(O)C2O)C(O)C(O)C1OC1OC(CO)C(OC2OC(CO)C(O)C(O)C2O)C(O)C1O)C(C)(C)O)C1CCC2(C)C3CC=C4C(CCC(OC5OC(COC6OC(CO)C(O)C(O)C6O)C(O)C(O)C5O)C4(C)C)C3(C)C(O)CC12C.